The van der Waals surface area contributed by atoms with E-state index in [4.69, 9.17) is 14.2 Å². The number of methoxy groups -OCH3 is 3. The number of benzene rings is 2. The first-order valence-electron chi connectivity index (χ1n) is 7.54. The zero-order valence-electron chi connectivity index (χ0n) is 14.6. The number of carbonyl (C=O) groups excluding carboxylic acids is 1. The van der Waals surface area contributed by atoms with Crippen molar-refractivity contribution in [3.05, 3.63) is 52.0 Å². The van der Waals surface area contributed by atoms with Gasteiger partial charge in [-0.1, -0.05) is 15.9 Å². The van der Waals surface area contributed by atoms with Crippen LogP contribution >= 0.6 is 15.9 Å². The highest BCUT2D eigenvalue weighted by Crippen LogP contribution is 2.40. The van der Waals surface area contributed by atoms with Gasteiger partial charge in [0.05, 0.1) is 21.3 Å². The Bertz CT molecular complexity index is 802. The molecule has 0 fully saturated rings. The van der Waals surface area contributed by atoms with Crippen molar-refractivity contribution in [3.63, 3.8) is 0 Å². The third-order valence-electron chi connectivity index (χ3n) is 3.57. The molecule has 0 spiro atoms. The molecule has 25 heavy (non-hydrogen) atoms. The highest BCUT2D eigenvalue weighted by molar-refractivity contribution is 9.10. The molecule has 0 radical (unpaired) electrons. The summed E-state index contributed by atoms with van der Waals surface area (Å²) in [6.45, 7) is 1.96. The van der Waals surface area contributed by atoms with Crippen molar-refractivity contribution >= 4 is 33.6 Å². The van der Waals surface area contributed by atoms with Gasteiger partial charge in [-0.25, -0.2) is 0 Å². The Hall–Kier alpha value is -2.47. The van der Waals surface area contributed by atoms with Crippen molar-refractivity contribution in [1.29, 1.82) is 0 Å². The van der Waals surface area contributed by atoms with E-state index in [-0.39, 0.29) is 5.91 Å². The van der Waals surface area contributed by atoms with Gasteiger partial charge in [0.15, 0.2) is 11.5 Å². The first-order chi connectivity index (χ1) is 12.0. The molecule has 1 N–H and O–H groups in total. The molecule has 1 amide bonds. The smallest absolute Gasteiger partial charge is 0.248 e. The van der Waals surface area contributed by atoms with Gasteiger partial charge in [0.25, 0.3) is 0 Å². The first-order valence-corrected chi connectivity index (χ1v) is 8.33. The van der Waals surface area contributed by atoms with E-state index >= 15 is 0 Å². The van der Waals surface area contributed by atoms with E-state index in [0.29, 0.717) is 22.8 Å². The second-order valence-electron chi connectivity index (χ2n) is 5.21. The number of halogens is 1. The van der Waals surface area contributed by atoms with Gasteiger partial charge in [-0.05, 0) is 48.9 Å². The van der Waals surface area contributed by atoms with Crippen molar-refractivity contribution in [3.8, 4) is 17.2 Å². The summed E-state index contributed by atoms with van der Waals surface area (Å²) in [5.74, 6) is 1.31. The fourth-order valence-electron chi connectivity index (χ4n) is 2.33. The topological polar surface area (TPSA) is 56.8 Å². The Morgan fingerprint density at radius 3 is 2.36 bits per heavy atom. The van der Waals surface area contributed by atoms with E-state index < -0.39 is 0 Å². The van der Waals surface area contributed by atoms with Crippen LogP contribution in [0.5, 0.6) is 17.2 Å². The Morgan fingerprint density at radius 1 is 1.04 bits per heavy atom. The third kappa shape index (κ3) is 4.54. The van der Waals surface area contributed by atoms with Crippen LogP contribution < -0.4 is 19.5 Å². The summed E-state index contributed by atoms with van der Waals surface area (Å²) >= 11 is 3.44. The number of anilines is 1. The van der Waals surface area contributed by atoms with Crippen LogP contribution in [0.1, 0.15) is 11.1 Å². The van der Waals surface area contributed by atoms with Crippen LogP contribution in [0, 0.1) is 6.92 Å². The molecule has 6 heteroatoms. The van der Waals surface area contributed by atoms with Crippen LogP contribution in [0.4, 0.5) is 5.69 Å². The molecule has 0 atom stereocenters. The molecule has 2 aromatic carbocycles. The predicted molar refractivity (Wildman–Crippen MR) is 103 cm³/mol. The van der Waals surface area contributed by atoms with Crippen LogP contribution in [0.2, 0.25) is 0 Å². The van der Waals surface area contributed by atoms with Gasteiger partial charge in [0, 0.05) is 21.8 Å². The van der Waals surface area contributed by atoms with Crippen molar-refractivity contribution in [2.45, 2.75) is 6.92 Å². The molecule has 0 unspecified atom stereocenters. The maximum Gasteiger partial charge on any atom is 0.248 e. The van der Waals surface area contributed by atoms with Gasteiger partial charge in [-0.3, -0.25) is 4.79 Å². The quantitative estimate of drug-likeness (QED) is 0.721. The second-order valence-corrected chi connectivity index (χ2v) is 6.06. The summed E-state index contributed by atoms with van der Waals surface area (Å²) < 4.78 is 17.0. The Morgan fingerprint density at radius 2 is 1.76 bits per heavy atom. The summed E-state index contributed by atoms with van der Waals surface area (Å²) in [5.41, 5.74) is 2.49. The molecular weight excluding hydrogens is 386 g/mol. The zero-order chi connectivity index (χ0) is 18.4. The number of rotatable bonds is 6. The van der Waals surface area contributed by atoms with Gasteiger partial charge in [-0.2, -0.15) is 0 Å². The molecule has 0 aliphatic carbocycles. The zero-order valence-corrected chi connectivity index (χ0v) is 16.1. The minimum absolute atomic E-state index is 0.237. The third-order valence-corrected chi connectivity index (χ3v) is 4.46. The second kappa shape index (κ2) is 8.58. The average molecular weight is 406 g/mol. The monoisotopic (exact) mass is 405 g/mol. The summed E-state index contributed by atoms with van der Waals surface area (Å²) in [6, 6.07) is 9.18. The van der Waals surface area contributed by atoms with Crippen LogP contribution in [0.3, 0.4) is 0 Å². The molecule has 0 aromatic heterocycles. The summed E-state index contributed by atoms with van der Waals surface area (Å²) in [5, 5.41) is 2.83. The summed E-state index contributed by atoms with van der Waals surface area (Å²) in [6.07, 6.45) is 3.11. The number of nitrogens with one attached hydrogen (secondary N) is 1. The summed E-state index contributed by atoms with van der Waals surface area (Å²) in [4.78, 5) is 12.2. The molecule has 0 heterocycles. The van der Waals surface area contributed by atoms with E-state index in [1.54, 1.807) is 32.4 Å². The normalized spacial score (nSPS) is 10.6. The van der Waals surface area contributed by atoms with Crippen molar-refractivity contribution in [2.24, 2.45) is 0 Å². The van der Waals surface area contributed by atoms with Gasteiger partial charge < -0.3 is 19.5 Å². The standard InChI is InChI=1S/C19H20BrNO4/c1-12-11-14(7-8-15(12)20)21-17(22)10-6-13-5-9-16(23-2)19(25-4)18(13)24-3/h5-11H,1-4H3,(H,21,22). The van der Waals surface area contributed by atoms with Crippen LogP contribution in [-0.2, 0) is 4.79 Å². The average Bonchev–Trinajstić information content (AvgIpc) is 2.61. The summed E-state index contributed by atoms with van der Waals surface area (Å²) in [7, 11) is 4.64. The van der Waals surface area contributed by atoms with E-state index in [9.17, 15) is 4.79 Å². The van der Waals surface area contributed by atoms with Gasteiger partial charge in [0.2, 0.25) is 11.7 Å². The van der Waals surface area contributed by atoms with Crippen molar-refractivity contribution < 1.29 is 19.0 Å². The lowest BCUT2D eigenvalue weighted by Gasteiger charge is -2.14. The fourth-order valence-corrected chi connectivity index (χ4v) is 2.57. The molecule has 2 aromatic rings. The highest BCUT2D eigenvalue weighted by atomic mass is 79.9. The van der Waals surface area contributed by atoms with Crippen molar-refractivity contribution in [2.75, 3.05) is 26.6 Å². The molecular formula is C19H20BrNO4. The predicted octanol–water partition coefficient (Wildman–Crippen LogP) is 4.44. The molecule has 0 saturated heterocycles. The number of amides is 1. The highest BCUT2D eigenvalue weighted by Gasteiger charge is 2.14. The Balaban J connectivity index is 2.20. The largest absolute Gasteiger partial charge is 0.493 e. The molecule has 0 aliphatic heterocycles. The maximum atomic E-state index is 12.2. The Labute approximate surface area is 155 Å². The molecule has 2 rings (SSSR count). The molecule has 132 valence electrons. The van der Waals surface area contributed by atoms with Crippen LogP contribution in [0.25, 0.3) is 6.08 Å². The molecule has 0 bridgehead atoms. The van der Waals surface area contributed by atoms with Crippen molar-refractivity contribution in [1.82, 2.24) is 0 Å². The molecule has 0 saturated carbocycles. The molecule has 0 aliphatic rings. The minimum Gasteiger partial charge on any atom is -0.493 e. The van der Waals surface area contributed by atoms with E-state index in [2.05, 4.69) is 21.2 Å². The lowest BCUT2D eigenvalue weighted by molar-refractivity contribution is -0.111. The number of carbonyl (C=O) groups is 1. The lowest BCUT2D eigenvalue weighted by atomic mass is 10.1. The maximum absolute atomic E-state index is 12.2. The Kier molecular flexibility index (Phi) is 6.47. The lowest BCUT2D eigenvalue weighted by Crippen LogP contribution is -2.07. The van der Waals surface area contributed by atoms with E-state index in [0.717, 1.165) is 15.7 Å². The van der Waals surface area contributed by atoms with Gasteiger partial charge in [-0.15, -0.1) is 0 Å². The van der Waals surface area contributed by atoms with E-state index in [1.165, 1.54) is 13.2 Å². The number of hydrogen-bond acceptors (Lipinski definition) is 4. The van der Waals surface area contributed by atoms with Gasteiger partial charge in [0.1, 0.15) is 0 Å². The number of aryl methyl sites for hydroxylation is 1. The van der Waals surface area contributed by atoms with Crippen LogP contribution in [0.15, 0.2) is 40.9 Å². The minimum atomic E-state index is -0.237. The van der Waals surface area contributed by atoms with Crippen LogP contribution in [-0.4, -0.2) is 27.2 Å². The van der Waals surface area contributed by atoms with Gasteiger partial charge >= 0.3 is 0 Å². The molecule has 5 nitrogen and oxygen atoms in total. The van der Waals surface area contributed by atoms with E-state index in [1.807, 2.05) is 25.1 Å². The number of ether oxygens (including phenoxy) is 3. The SMILES string of the molecule is COc1ccc(C=CC(=O)Nc2ccc(Br)c(C)c2)c(OC)c1OC. The first kappa shape index (κ1) is 18.9. The number of hydrogen-bond donors (Lipinski definition) is 1. The fraction of sp³-hybridized carbons (Fsp3) is 0.211.